The van der Waals surface area contributed by atoms with E-state index in [4.69, 9.17) is 0 Å². The lowest BCUT2D eigenvalue weighted by Crippen LogP contribution is -2.40. The zero-order valence-electron chi connectivity index (χ0n) is 13.7. The molecular weight excluding hydrogens is 290 g/mol. The number of carbonyl (C=O) groups excluding carboxylic acids is 1. The summed E-state index contributed by atoms with van der Waals surface area (Å²) in [4.78, 5) is 26.2. The van der Waals surface area contributed by atoms with Crippen LogP contribution in [0.4, 0.5) is 0 Å². The Hall–Kier alpha value is -2.10. The number of aliphatic carboxylic acids is 1. The van der Waals surface area contributed by atoms with Crippen LogP contribution in [0.1, 0.15) is 48.2 Å². The van der Waals surface area contributed by atoms with Gasteiger partial charge in [0.2, 0.25) is 0 Å². The maximum absolute atomic E-state index is 12.8. The standard InChI is InChI=1S/C19H23NO3/c1-13(2)19(18(22)23)9-10-20(12-19)17(21)16-8-7-14-5-3-4-6-15(14)11-16/h3,5,7-8,11,13H,4,6,9-10,12H2,1-2H3,(H,22,23). The lowest BCUT2D eigenvalue weighted by atomic mass is 9.76. The van der Waals surface area contributed by atoms with Gasteiger partial charge in [-0.25, -0.2) is 0 Å². The molecule has 0 spiro atoms. The number of rotatable bonds is 3. The number of carbonyl (C=O) groups is 2. The second-order valence-electron chi connectivity index (χ2n) is 6.95. The third-order valence-electron chi connectivity index (χ3n) is 5.39. The van der Waals surface area contributed by atoms with Gasteiger partial charge in [0.1, 0.15) is 0 Å². The molecule has 1 atom stereocenters. The van der Waals surface area contributed by atoms with Gasteiger partial charge < -0.3 is 10.0 Å². The van der Waals surface area contributed by atoms with Gasteiger partial charge in [0, 0.05) is 18.7 Å². The number of hydrogen-bond donors (Lipinski definition) is 1. The number of hydrogen-bond acceptors (Lipinski definition) is 2. The molecule has 1 amide bonds. The van der Waals surface area contributed by atoms with Gasteiger partial charge >= 0.3 is 5.97 Å². The summed E-state index contributed by atoms with van der Waals surface area (Å²) in [6.07, 6.45) is 6.73. The first kappa shape index (κ1) is 15.8. The second-order valence-corrected chi connectivity index (χ2v) is 6.95. The highest BCUT2D eigenvalue weighted by Gasteiger charge is 2.48. The molecule has 2 aliphatic rings. The normalized spacial score (nSPS) is 23.2. The summed E-state index contributed by atoms with van der Waals surface area (Å²) in [7, 11) is 0. The highest BCUT2D eigenvalue weighted by Crippen LogP contribution is 2.38. The van der Waals surface area contributed by atoms with Gasteiger partial charge in [-0.2, -0.15) is 0 Å². The summed E-state index contributed by atoms with van der Waals surface area (Å²) in [5.74, 6) is -0.837. The van der Waals surface area contributed by atoms with Crippen LogP contribution < -0.4 is 0 Å². The molecule has 0 aromatic heterocycles. The van der Waals surface area contributed by atoms with Crippen LogP contribution in [0.5, 0.6) is 0 Å². The molecule has 0 bridgehead atoms. The quantitative estimate of drug-likeness (QED) is 0.932. The zero-order valence-corrected chi connectivity index (χ0v) is 13.7. The van der Waals surface area contributed by atoms with Crippen LogP contribution in [-0.4, -0.2) is 35.0 Å². The summed E-state index contributed by atoms with van der Waals surface area (Å²) in [5.41, 5.74) is 2.23. The first-order valence-corrected chi connectivity index (χ1v) is 8.26. The van der Waals surface area contributed by atoms with E-state index in [1.54, 1.807) is 4.90 Å². The summed E-state index contributed by atoms with van der Waals surface area (Å²) in [6.45, 7) is 4.66. The van der Waals surface area contributed by atoms with Gasteiger partial charge in [0.25, 0.3) is 5.91 Å². The van der Waals surface area contributed by atoms with E-state index >= 15 is 0 Å². The van der Waals surface area contributed by atoms with Crippen LogP contribution in [0.15, 0.2) is 24.3 Å². The van der Waals surface area contributed by atoms with Gasteiger partial charge in [0.15, 0.2) is 0 Å². The summed E-state index contributed by atoms with van der Waals surface area (Å²) in [5, 5.41) is 9.62. The topological polar surface area (TPSA) is 57.6 Å². The molecule has 1 saturated heterocycles. The Bertz CT molecular complexity index is 677. The van der Waals surface area contributed by atoms with Crippen molar-refractivity contribution in [2.75, 3.05) is 13.1 Å². The molecule has 23 heavy (non-hydrogen) atoms. The van der Waals surface area contributed by atoms with Crippen molar-refractivity contribution < 1.29 is 14.7 Å². The minimum absolute atomic E-state index is 0.00599. The fourth-order valence-electron chi connectivity index (χ4n) is 3.65. The minimum atomic E-state index is -0.813. The van der Waals surface area contributed by atoms with E-state index in [0.29, 0.717) is 25.1 Å². The van der Waals surface area contributed by atoms with Crippen molar-refractivity contribution in [3.63, 3.8) is 0 Å². The number of aryl methyl sites for hydroxylation is 1. The molecule has 1 aromatic rings. The SMILES string of the molecule is CC(C)C1(C(=O)O)CCN(C(=O)c2ccc3c(c2)CCC=C3)C1. The smallest absolute Gasteiger partial charge is 0.311 e. The number of carboxylic acid groups (broad SMARTS) is 1. The first-order valence-electron chi connectivity index (χ1n) is 8.26. The molecule has 0 saturated carbocycles. The molecule has 4 heteroatoms. The van der Waals surface area contributed by atoms with E-state index in [2.05, 4.69) is 12.2 Å². The molecule has 1 heterocycles. The number of nitrogens with zero attached hydrogens (tertiary/aromatic N) is 1. The monoisotopic (exact) mass is 313 g/mol. The maximum atomic E-state index is 12.8. The summed E-state index contributed by atoms with van der Waals surface area (Å²) in [6, 6.07) is 5.81. The molecule has 1 aliphatic carbocycles. The van der Waals surface area contributed by atoms with Gasteiger partial charge in [-0.05, 0) is 48.4 Å². The van der Waals surface area contributed by atoms with Crippen molar-refractivity contribution in [1.82, 2.24) is 4.90 Å². The van der Waals surface area contributed by atoms with Crippen molar-refractivity contribution in [2.45, 2.75) is 33.1 Å². The molecular formula is C19H23NO3. The van der Waals surface area contributed by atoms with Crippen molar-refractivity contribution >= 4 is 18.0 Å². The van der Waals surface area contributed by atoms with E-state index in [1.807, 2.05) is 32.0 Å². The van der Waals surface area contributed by atoms with E-state index in [9.17, 15) is 14.7 Å². The summed E-state index contributed by atoms with van der Waals surface area (Å²) < 4.78 is 0. The fraction of sp³-hybridized carbons (Fsp3) is 0.474. The predicted octanol–water partition coefficient (Wildman–Crippen LogP) is 3.22. The van der Waals surface area contributed by atoms with Gasteiger partial charge in [0.05, 0.1) is 5.41 Å². The number of fused-ring (bicyclic) bond motifs is 1. The first-order chi connectivity index (χ1) is 10.9. The Morgan fingerprint density at radius 2 is 2.09 bits per heavy atom. The molecule has 4 nitrogen and oxygen atoms in total. The number of carboxylic acids is 1. The van der Waals surface area contributed by atoms with E-state index in [-0.39, 0.29) is 11.8 Å². The van der Waals surface area contributed by atoms with Crippen molar-refractivity contribution in [3.05, 3.63) is 41.0 Å². The van der Waals surface area contributed by atoms with E-state index < -0.39 is 11.4 Å². The van der Waals surface area contributed by atoms with Crippen molar-refractivity contribution in [1.29, 1.82) is 0 Å². The number of allylic oxidation sites excluding steroid dienone is 1. The average molecular weight is 313 g/mol. The van der Waals surface area contributed by atoms with Crippen molar-refractivity contribution in [2.24, 2.45) is 11.3 Å². The third kappa shape index (κ3) is 2.67. The molecule has 3 rings (SSSR count). The molecule has 1 unspecified atom stereocenters. The Labute approximate surface area is 136 Å². The highest BCUT2D eigenvalue weighted by molar-refractivity contribution is 5.95. The lowest BCUT2D eigenvalue weighted by molar-refractivity contribution is -0.150. The Morgan fingerprint density at radius 1 is 1.30 bits per heavy atom. The van der Waals surface area contributed by atoms with E-state index in [0.717, 1.165) is 12.8 Å². The van der Waals surface area contributed by atoms with Crippen LogP contribution in [0, 0.1) is 11.3 Å². The zero-order chi connectivity index (χ0) is 16.6. The molecule has 1 aromatic carbocycles. The van der Waals surface area contributed by atoms with Gasteiger partial charge in [-0.15, -0.1) is 0 Å². The van der Waals surface area contributed by atoms with Gasteiger partial charge in [-0.1, -0.05) is 32.1 Å². The van der Waals surface area contributed by atoms with E-state index in [1.165, 1.54) is 11.1 Å². The Kier molecular flexibility index (Phi) is 4.00. The largest absolute Gasteiger partial charge is 0.481 e. The number of amides is 1. The van der Waals surface area contributed by atoms with Crippen LogP contribution in [0.3, 0.4) is 0 Å². The minimum Gasteiger partial charge on any atom is -0.481 e. The Balaban J connectivity index is 1.82. The molecule has 1 fully saturated rings. The molecule has 1 N–H and O–H groups in total. The van der Waals surface area contributed by atoms with Crippen LogP contribution >= 0.6 is 0 Å². The Morgan fingerprint density at radius 3 is 2.74 bits per heavy atom. The predicted molar refractivity (Wildman–Crippen MR) is 89.2 cm³/mol. The maximum Gasteiger partial charge on any atom is 0.311 e. The average Bonchev–Trinajstić information content (AvgIpc) is 3.00. The number of benzene rings is 1. The molecule has 1 aliphatic heterocycles. The lowest BCUT2D eigenvalue weighted by Gasteiger charge is -2.28. The third-order valence-corrected chi connectivity index (χ3v) is 5.39. The molecule has 0 radical (unpaired) electrons. The van der Waals surface area contributed by atoms with Gasteiger partial charge in [-0.3, -0.25) is 9.59 Å². The highest BCUT2D eigenvalue weighted by atomic mass is 16.4. The van der Waals surface area contributed by atoms with Crippen LogP contribution in [0.25, 0.3) is 6.08 Å². The van der Waals surface area contributed by atoms with Crippen LogP contribution in [0.2, 0.25) is 0 Å². The number of likely N-dealkylation sites (tertiary alicyclic amines) is 1. The molecule has 122 valence electrons. The summed E-state index contributed by atoms with van der Waals surface area (Å²) >= 11 is 0. The fourth-order valence-corrected chi connectivity index (χ4v) is 3.65. The van der Waals surface area contributed by atoms with Crippen LogP contribution in [-0.2, 0) is 11.2 Å². The van der Waals surface area contributed by atoms with Crippen molar-refractivity contribution in [3.8, 4) is 0 Å². The second kappa shape index (κ2) is 5.84.